The van der Waals surface area contributed by atoms with Gasteiger partial charge in [0.1, 0.15) is 0 Å². The lowest BCUT2D eigenvalue weighted by atomic mass is 10.0. The van der Waals surface area contributed by atoms with Gasteiger partial charge >= 0.3 is 0 Å². The van der Waals surface area contributed by atoms with Crippen LogP contribution in [0.3, 0.4) is 0 Å². The summed E-state index contributed by atoms with van der Waals surface area (Å²) in [5.41, 5.74) is 5.02. The first kappa shape index (κ1) is 23.8. The van der Waals surface area contributed by atoms with E-state index in [2.05, 4.69) is 28.6 Å². The van der Waals surface area contributed by atoms with Gasteiger partial charge in [-0.15, -0.1) is 0 Å². The van der Waals surface area contributed by atoms with E-state index in [1.807, 2.05) is 36.9 Å². The predicted octanol–water partition coefficient (Wildman–Crippen LogP) is 6.00. The Kier molecular flexibility index (Phi) is 7.42. The van der Waals surface area contributed by atoms with Crippen molar-refractivity contribution < 1.29 is 4.79 Å². The Bertz CT molecular complexity index is 1130. The molecule has 3 aromatic rings. The molecule has 4 rings (SSSR count). The summed E-state index contributed by atoms with van der Waals surface area (Å²) >= 11 is 12.3. The Labute approximate surface area is 205 Å². The third-order valence-corrected chi connectivity index (χ3v) is 6.87. The van der Waals surface area contributed by atoms with Crippen LogP contribution >= 0.6 is 23.2 Å². The normalized spacial score (nSPS) is 13.9. The van der Waals surface area contributed by atoms with Crippen molar-refractivity contribution in [2.24, 2.45) is 0 Å². The summed E-state index contributed by atoms with van der Waals surface area (Å²) in [6, 6.07) is 15.3. The van der Waals surface area contributed by atoms with Gasteiger partial charge in [-0.1, -0.05) is 48.3 Å². The fraction of sp³-hybridized carbons (Fsp3) is 0.385. The molecule has 0 spiro atoms. The van der Waals surface area contributed by atoms with Crippen molar-refractivity contribution in [2.75, 3.05) is 13.1 Å². The number of fused-ring (bicyclic) bond motifs is 1. The van der Waals surface area contributed by atoms with E-state index in [9.17, 15) is 4.79 Å². The number of amides is 1. The molecule has 1 aliphatic rings. The second-order valence-electron chi connectivity index (χ2n) is 8.80. The van der Waals surface area contributed by atoms with Crippen LogP contribution in [0.1, 0.15) is 54.5 Å². The average Bonchev–Trinajstić information content (AvgIpc) is 3.17. The van der Waals surface area contributed by atoms with Gasteiger partial charge < -0.3 is 4.90 Å². The maximum absolute atomic E-state index is 13.4. The van der Waals surface area contributed by atoms with Crippen LogP contribution in [0.25, 0.3) is 5.69 Å². The van der Waals surface area contributed by atoms with Crippen molar-refractivity contribution in [3.63, 3.8) is 0 Å². The van der Waals surface area contributed by atoms with Gasteiger partial charge in [-0.05, 0) is 57.1 Å². The van der Waals surface area contributed by atoms with Crippen LogP contribution in [-0.2, 0) is 19.5 Å². The molecule has 0 aliphatic carbocycles. The smallest absolute Gasteiger partial charge is 0.254 e. The van der Waals surface area contributed by atoms with E-state index >= 15 is 0 Å². The Balaban J connectivity index is 1.71. The van der Waals surface area contributed by atoms with Gasteiger partial charge in [0.2, 0.25) is 0 Å². The van der Waals surface area contributed by atoms with Gasteiger partial charge in [0.25, 0.3) is 5.91 Å². The van der Waals surface area contributed by atoms with Crippen LogP contribution in [0, 0.1) is 0 Å². The molecule has 1 amide bonds. The van der Waals surface area contributed by atoms with E-state index in [1.165, 1.54) is 11.3 Å². The lowest BCUT2D eigenvalue weighted by Gasteiger charge is -2.29. The van der Waals surface area contributed by atoms with Gasteiger partial charge in [0.05, 0.1) is 33.7 Å². The molecular weight excluding hydrogens is 455 g/mol. The third-order valence-electron chi connectivity index (χ3n) is 6.13. The lowest BCUT2D eigenvalue weighted by molar-refractivity contribution is 0.0686. The molecule has 0 bridgehead atoms. The minimum absolute atomic E-state index is 0.000172. The number of carbonyl (C=O) groups is 1. The molecule has 0 fully saturated rings. The summed E-state index contributed by atoms with van der Waals surface area (Å²) < 4.78 is 2.07. The number of aromatic nitrogens is 2. The molecule has 174 valence electrons. The highest BCUT2D eigenvalue weighted by molar-refractivity contribution is 6.42. The molecule has 2 aromatic carbocycles. The monoisotopic (exact) mass is 484 g/mol. The number of hydrogen-bond acceptors (Lipinski definition) is 3. The van der Waals surface area contributed by atoms with Crippen LogP contribution in [-0.4, -0.2) is 44.6 Å². The summed E-state index contributed by atoms with van der Waals surface area (Å²) in [6.07, 6.45) is 2.06. The van der Waals surface area contributed by atoms with E-state index in [-0.39, 0.29) is 11.9 Å². The maximum Gasteiger partial charge on any atom is 0.254 e. The fourth-order valence-corrected chi connectivity index (χ4v) is 4.70. The second kappa shape index (κ2) is 10.3. The molecular formula is C26H30Cl2N4O. The summed E-state index contributed by atoms with van der Waals surface area (Å²) in [7, 11) is 0. The number of hydrogen-bond donors (Lipinski definition) is 0. The Hall–Kier alpha value is -2.34. The van der Waals surface area contributed by atoms with Crippen molar-refractivity contribution in [3.8, 4) is 5.69 Å². The third kappa shape index (κ3) is 5.11. The summed E-state index contributed by atoms with van der Waals surface area (Å²) in [5, 5.41) is 5.86. The average molecular weight is 485 g/mol. The van der Waals surface area contributed by atoms with E-state index in [0.29, 0.717) is 22.2 Å². The van der Waals surface area contributed by atoms with E-state index in [4.69, 9.17) is 28.3 Å². The Morgan fingerprint density at radius 2 is 1.88 bits per heavy atom. The lowest BCUT2D eigenvalue weighted by Crippen LogP contribution is -2.37. The quantitative estimate of drug-likeness (QED) is 0.412. The minimum atomic E-state index is -0.0761. The van der Waals surface area contributed by atoms with Crippen LogP contribution < -0.4 is 0 Å². The standard InChI is InChI=1S/C26H30Cl2N4O/c1-4-13-30-14-12-25-21(16-30)24(29-32(25)20-8-6-5-7-9-20)17-31(18(2)3)26(33)19-10-11-22(27)23(28)15-19/h5-11,15,18H,4,12-14,16-17H2,1-3H3. The van der Waals surface area contributed by atoms with Gasteiger partial charge in [-0.25, -0.2) is 4.68 Å². The molecule has 0 saturated heterocycles. The van der Waals surface area contributed by atoms with Crippen LogP contribution in [0.5, 0.6) is 0 Å². The summed E-state index contributed by atoms with van der Waals surface area (Å²) in [4.78, 5) is 17.8. The molecule has 0 radical (unpaired) electrons. The fourth-order valence-electron chi connectivity index (χ4n) is 4.40. The van der Waals surface area contributed by atoms with Crippen molar-refractivity contribution in [1.29, 1.82) is 0 Å². The van der Waals surface area contributed by atoms with Crippen molar-refractivity contribution in [2.45, 2.75) is 52.7 Å². The SMILES string of the molecule is CCCN1CCc2c(c(CN(C(=O)c3ccc(Cl)c(Cl)c3)C(C)C)nn2-c2ccccc2)C1. The minimum Gasteiger partial charge on any atom is -0.330 e. The molecule has 0 atom stereocenters. The van der Waals surface area contributed by atoms with Crippen LogP contribution in [0.4, 0.5) is 0 Å². The molecule has 7 heteroatoms. The van der Waals surface area contributed by atoms with Gasteiger partial charge in [-0.3, -0.25) is 9.69 Å². The zero-order valence-electron chi connectivity index (χ0n) is 19.4. The van der Waals surface area contributed by atoms with E-state index in [1.54, 1.807) is 18.2 Å². The zero-order valence-corrected chi connectivity index (χ0v) is 20.9. The van der Waals surface area contributed by atoms with Crippen molar-refractivity contribution in [3.05, 3.63) is 81.1 Å². The van der Waals surface area contributed by atoms with Crippen LogP contribution in [0.15, 0.2) is 48.5 Å². The maximum atomic E-state index is 13.4. The highest BCUT2D eigenvalue weighted by Gasteiger charge is 2.28. The van der Waals surface area contributed by atoms with Crippen molar-refractivity contribution in [1.82, 2.24) is 19.6 Å². The van der Waals surface area contributed by atoms with E-state index < -0.39 is 0 Å². The molecule has 0 N–H and O–H groups in total. The highest BCUT2D eigenvalue weighted by atomic mass is 35.5. The molecule has 1 aliphatic heterocycles. The Morgan fingerprint density at radius 3 is 2.55 bits per heavy atom. The Morgan fingerprint density at radius 1 is 1.12 bits per heavy atom. The number of carbonyl (C=O) groups excluding carboxylic acids is 1. The topological polar surface area (TPSA) is 41.4 Å². The highest BCUT2D eigenvalue weighted by Crippen LogP contribution is 2.28. The van der Waals surface area contributed by atoms with Gasteiger partial charge in [-0.2, -0.15) is 5.10 Å². The molecule has 33 heavy (non-hydrogen) atoms. The second-order valence-corrected chi connectivity index (χ2v) is 9.62. The first-order chi connectivity index (χ1) is 15.9. The molecule has 2 heterocycles. The summed E-state index contributed by atoms with van der Waals surface area (Å²) in [6.45, 7) is 9.65. The van der Waals surface area contributed by atoms with Gasteiger partial charge in [0.15, 0.2) is 0 Å². The van der Waals surface area contributed by atoms with E-state index in [0.717, 1.165) is 43.9 Å². The molecule has 0 unspecified atom stereocenters. The van der Waals surface area contributed by atoms with Crippen molar-refractivity contribution >= 4 is 29.1 Å². The largest absolute Gasteiger partial charge is 0.330 e. The predicted molar refractivity (Wildman–Crippen MR) is 134 cm³/mol. The first-order valence-electron chi connectivity index (χ1n) is 11.5. The number of halogens is 2. The zero-order chi connectivity index (χ0) is 23.5. The number of para-hydroxylation sites is 1. The number of benzene rings is 2. The summed E-state index contributed by atoms with van der Waals surface area (Å²) in [5.74, 6) is -0.0761. The first-order valence-corrected chi connectivity index (χ1v) is 12.3. The van der Waals surface area contributed by atoms with Crippen LogP contribution in [0.2, 0.25) is 10.0 Å². The number of nitrogens with zero attached hydrogens (tertiary/aromatic N) is 4. The molecule has 5 nitrogen and oxygen atoms in total. The molecule has 0 saturated carbocycles. The number of rotatable bonds is 7. The molecule has 1 aromatic heterocycles. The van der Waals surface area contributed by atoms with Gasteiger partial charge in [0, 0.05) is 36.7 Å².